The van der Waals surface area contributed by atoms with Gasteiger partial charge in [-0.05, 0) is 36.2 Å². The van der Waals surface area contributed by atoms with Crippen molar-refractivity contribution in [1.29, 1.82) is 0 Å². The molecule has 1 unspecified atom stereocenters. The maximum Gasteiger partial charge on any atom is 0.252 e. The number of rotatable bonds is 4. The lowest BCUT2D eigenvalue weighted by molar-refractivity contribution is 0.0938. The highest BCUT2D eigenvalue weighted by Gasteiger charge is 2.22. The lowest BCUT2D eigenvalue weighted by atomic mass is 10.0. The summed E-state index contributed by atoms with van der Waals surface area (Å²) in [5.41, 5.74) is 3.41. The van der Waals surface area contributed by atoms with Crippen LogP contribution in [0, 0.1) is 6.92 Å². The van der Waals surface area contributed by atoms with Crippen LogP contribution in [0.15, 0.2) is 89.3 Å². The Morgan fingerprint density at radius 2 is 1.58 bits per heavy atom. The molecule has 26 heavy (non-hydrogen) atoms. The Bertz CT molecular complexity index is 1020. The van der Waals surface area contributed by atoms with Gasteiger partial charge in [0.15, 0.2) is 0 Å². The summed E-state index contributed by atoms with van der Waals surface area (Å²) in [5, 5.41) is 4.16. The summed E-state index contributed by atoms with van der Waals surface area (Å²) in [6, 6.07) is 27.0. The van der Waals surface area contributed by atoms with E-state index < -0.39 is 0 Å². The second-order valence-electron chi connectivity index (χ2n) is 6.32. The molecule has 4 rings (SSSR count). The number of fused-ring (bicyclic) bond motifs is 1. The van der Waals surface area contributed by atoms with Crippen LogP contribution in [0.2, 0.25) is 0 Å². The first-order chi connectivity index (χ1) is 12.7. The summed E-state index contributed by atoms with van der Waals surface area (Å²) < 4.78 is 6.04. The van der Waals surface area contributed by atoms with E-state index in [0.29, 0.717) is 5.56 Å². The molecule has 128 valence electrons. The zero-order valence-electron chi connectivity index (χ0n) is 14.5. The standard InChI is InChI=1S/C23H19NO2/c1-16-9-5-7-13-19(16)23(25)24-22(17-10-3-2-4-11-17)21-15-18-12-6-8-14-20(18)26-21/h2-15,22H,1H3,(H,24,25). The minimum atomic E-state index is -0.351. The predicted octanol–water partition coefficient (Wildman–Crippen LogP) is 5.26. The first kappa shape index (κ1) is 16.2. The monoisotopic (exact) mass is 341 g/mol. The van der Waals surface area contributed by atoms with Gasteiger partial charge in [-0.3, -0.25) is 4.79 Å². The van der Waals surface area contributed by atoms with Crippen molar-refractivity contribution in [2.45, 2.75) is 13.0 Å². The molecular formula is C23H19NO2. The third kappa shape index (κ3) is 3.11. The van der Waals surface area contributed by atoms with E-state index in [2.05, 4.69) is 5.32 Å². The summed E-state index contributed by atoms with van der Waals surface area (Å²) in [7, 11) is 0. The number of benzene rings is 3. The van der Waals surface area contributed by atoms with E-state index in [9.17, 15) is 4.79 Å². The van der Waals surface area contributed by atoms with Crippen molar-refractivity contribution >= 4 is 16.9 Å². The van der Waals surface area contributed by atoms with E-state index in [1.807, 2.05) is 91.9 Å². The molecule has 1 atom stereocenters. The van der Waals surface area contributed by atoms with Crippen molar-refractivity contribution in [2.24, 2.45) is 0 Å². The van der Waals surface area contributed by atoms with Crippen LogP contribution in [0.3, 0.4) is 0 Å². The van der Waals surface area contributed by atoms with Crippen LogP contribution in [-0.2, 0) is 0 Å². The van der Waals surface area contributed by atoms with E-state index >= 15 is 0 Å². The molecule has 0 bridgehead atoms. The normalized spacial score (nSPS) is 12.0. The Hall–Kier alpha value is -3.33. The quantitative estimate of drug-likeness (QED) is 0.550. The number of nitrogens with one attached hydrogen (secondary N) is 1. The van der Waals surface area contributed by atoms with E-state index in [4.69, 9.17) is 4.42 Å². The largest absolute Gasteiger partial charge is 0.459 e. The Morgan fingerprint density at radius 3 is 2.35 bits per heavy atom. The molecule has 1 heterocycles. The van der Waals surface area contributed by atoms with E-state index in [1.54, 1.807) is 0 Å². The summed E-state index contributed by atoms with van der Waals surface area (Å²) >= 11 is 0. The summed E-state index contributed by atoms with van der Waals surface area (Å²) in [4.78, 5) is 12.9. The van der Waals surface area contributed by atoms with Crippen LogP contribution in [0.5, 0.6) is 0 Å². The van der Waals surface area contributed by atoms with Crippen LogP contribution >= 0.6 is 0 Å². The van der Waals surface area contributed by atoms with Crippen molar-refractivity contribution < 1.29 is 9.21 Å². The second-order valence-corrected chi connectivity index (χ2v) is 6.32. The van der Waals surface area contributed by atoms with Crippen molar-refractivity contribution in [3.05, 3.63) is 107 Å². The molecule has 0 saturated heterocycles. The number of carbonyl (C=O) groups excluding carboxylic acids is 1. The van der Waals surface area contributed by atoms with Crippen LogP contribution in [0.4, 0.5) is 0 Å². The molecule has 4 aromatic rings. The topological polar surface area (TPSA) is 42.2 Å². The molecule has 3 aromatic carbocycles. The van der Waals surface area contributed by atoms with Gasteiger partial charge in [-0.1, -0.05) is 66.7 Å². The number of aryl methyl sites for hydroxylation is 1. The van der Waals surface area contributed by atoms with Gasteiger partial charge < -0.3 is 9.73 Å². The Balaban J connectivity index is 1.74. The molecule has 3 nitrogen and oxygen atoms in total. The molecule has 0 aliphatic carbocycles. The Kier molecular flexibility index (Phi) is 4.28. The van der Waals surface area contributed by atoms with Gasteiger partial charge in [0.1, 0.15) is 17.4 Å². The van der Waals surface area contributed by atoms with Crippen LogP contribution in [0.1, 0.15) is 33.3 Å². The van der Waals surface area contributed by atoms with Crippen molar-refractivity contribution in [3.8, 4) is 0 Å². The van der Waals surface area contributed by atoms with Crippen molar-refractivity contribution in [1.82, 2.24) is 5.32 Å². The smallest absolute Gasteiger partial charge is 0.252 e. The zero-order chi connectivity index (χ0) is 17.9. The van der Waals surface area contributed by atoms with Gasteiger partial charge in [-0.2, -0.15) is 0 Å². The van der Waals surface area contributed by atoms with Gasteiger partial charge in [0, 0.05) is 10.9 Å². The molecule has 0 aliphatic rings. The highest BCUT2D eigenvalue weighted by Crippen LogP contribution is 2.28. The lowest BCUT2D eigenvalue weighted by Crippen LogP contribution is -2.29. The SMILES string of the molecule is Cc1ccccc1C(=O)NC(c1ccccc1)c1cc2ccccc2o1. The van der Waals surface area contributed by atoms with E-state index in [1.165, 1.54) is 0 Å². The van der Waals surface area contributed by atoms with Gasteiger partial charge in [0.25, 0.3) is 5.91 Å². The fourth-order valence-electron chi connectivity index (χ4n) is 3.15. The molecule has 1 N–H and O–H groups in total. The van der Waals surface area contributed by atoms with Gasteiger partial charge in [-0.15, -0.1) is 0 Å². The highest BCUT2D eigenvalue weighted by molar-refractivity contribution is 5.96. The number of hydrogen-bond donors (Lipinski definition) is 1. The van der Waals surface area contributed by atoms with E-state index in [0.717, 1.165) is 27.9 Å². The minimum absolute atomic E-state index is 0.114. The summed E-state index contributed by atoms with van der Waals surface area (Å²) in [6.07, 6.45) is 0. The number of para-hydroxylation sites is 1. The van der Waals surface area contributed by atoms with Gasteiger partial charge in [-0.25, -0.2) is 0 Å². The number of hydrogen-bond acceptors (Lipinski definition) is 2. The first-order valence-corrected chi connectivity index (χ1v) is 8.62. The average molecular weight is 341 g/mol. The minimum Gasteiger partial charge on any atom is -0.459 e. The second kappa shape index (κ2) is 6.89. The number of carbonyl (C=O) groups is 1. The molecule has 0 radical (unpaired) electrons. The number of amides is 1. The van der Waals surface area contributed by atoms with Crippen LogP contribution in [0.25, 0.3) is 11.0 Å². The van der Waals surface area contributed by atoms with Gasteiger partial charge in [0.2, 0.25) is 0 Å². The van der Waals surface area contributed by atoms with Crippen LogP contribution in [-0.4, -0.2) is 5.91 Å². The molecule has 0 spiro atoms. The molecular weight excluding hydrogens is 322 g/mol. The van der Waals surface area contributed by atoms with Gasteiger partial charge >= 0.3 is 0 Å². The highest BCUT2D eigenvalue weighted by atomic mass is 16.3. The predicted molar refractivity (Wildman–Crippen MR) is 103 cm³/mol. The Labute approximate surface area is 152 Å². The fraction of sp³-hybridized carbons (Fsp3) is 0.0870. The third-order valence-corrected chi connectivity index (χ3v) is 4.53. The van der Waals surface area contributed by atoms with E-state index in [-0.39, 0.29) is 11.9 Å². The van der Waals surface area contributed by atoms with Crippen molar-refractivity contribution in [2.75, 3.05) is 0 Å². The Morgan fingerprint density at radius 1 is 0.885 bits per heavy atom. The van der Waals surface area contributed by atoms with Gasteiger partial charge in [0.05, 0.1) is 0 Å². The van der Waals surface area contributed by atoms with Crippen molar-refractivity contribution in [3.63, 3.8) is 0 Å². The average Bonchev–Trinajstić information content (AvgIpc) is 3.11. The lowest BCUT2D eigenvalue weighted by Gasteiger charge is -2.18. The zero-order valence-corrected chi connectivity index (χ0v) is 14.5. The molecule has 0 saturated carbocycles. The molecule has 0 aliphatic heterocycles. The maximum atomic E-state index is 12.9. The summed E-state index contributed by atoms with van der Waals surface area (Å²) in [6.45, 7) is 1.94. The maximum absolute atomic E-state index is 12.9. The molecule has 3 heteroatoms. The molecule has 0 fully saturated rings. The number of furan rings is 1. The third-order valence-electron chi connectivity index (χ3n) is 4.53. The summed E-state index contributed by atoms with van der Waals surface area (Å²) in [5.74, 6) is 0.608. The van der Waals surface area contributed by atoms with Crippen LogP contribution < -0.4 is 5.32 Å². The molecule has 1 amide bonds. The molecule has 1 aromatic heterocycles. The first-order valence-electron chi connectivity index (χ1n) is 8.62. The fourth-order valence-corrected chi connectivity index (χ4v) is 3.15.